The van der Waals surface area contributed by atoms with Gasteiger partial charge in [-0.2, -0.15) is 0 Å². The van der Waals surface area contributed by atoms with Crippen molar-refractivity contribution in [1.29, 1.82) is 0 Å². The molecule has 3 rings (SSSR count). The number of rotatable bonds is 5. The molecule has 150 valence electrons. The summed E-state index contributed by atoms with van der Waals surface area (Å²) in [6.45, 7) is 5.52. The van der Waals surface area contributed by atoms with Gasteiger partial charge < -0.3 is 5.32 Å². The summed E-state index contributed by atoms with van der Waals surface area (Å²) in [6, 6.07) is 16.8. The van der Waals surface area contributed by atoms with Crippen molar-refractivity contribution in [3.8, 4) is 0 Å². The average Bonchev–Trinajstić information content (AvgIpc) is 2.63. The lowest BCUT2D eigenvalue weighted by Gasteiger charge is -2.13. The average molecular weight is 429 g/mol. The van der Waals surface area contributed by atoms with Crippen LogP contribution in [0.3, 0.4) is 0 Å². The van der Waals surface area contributed by atoms with E-state index in [9.17, 15) is 13.2 Å². The summed E-state index contributed by atoms with van der Waals surface area (Å²) in [5, 5.41) is 3.16. The minimum absolute atomic E-state index is 0.00441. The predicted molar refractivity (Wildman–Crippen MR) is 117 cm³/mol. The van der Waals surface area contributed by atoms with Crippen molar-refractivity contribution in [3.05, 3.63) is 87.9 Å². The first-order valence-corrected chi connectivity index (χ1v) is 10.8. The molecule has 5 nitrogen and oxygen atoms in total. The van der Waals surface area contributed by atoms with Crippen molar-refractivity contribution >= 4 is 38.9 Å². The quantitative estimate of drug-likeness (QED) is 0.577. The largest absolute Gasteiger partial charge is 0.321 e. The monoisotopic (exact) mass is 428 g/mol. The molecule has 3 aromatic rings. The summed E-state index contributed by atoms with van der Waals surface area (Å²) in [6.07, 6.45) is 0. The number of aryl methyl sites for hydroxylation is 3. The number of amides is 1. The first kappa shape index (κ1) is 20.9. The second-order valence-corrected chi connectivity index (χ2v) is 8.98. The summed E-state index contributed by atoms with van der Waals surface area (Å²) in [4.78, 5) is 12.8. The summed E-state index contributed by atoms with van der Waals surface area (Å²) >= 11 is 6.19. The van der Waals surface area contributed by atoms with E-state index in [1.54, 1.807) is 43.3 Å². The van der Waals surface area contributed by atoms with Crippen LogP contribution in [-0.4, -0.2) is 14.3 Å². The van der Waals surface area contributed by atoms with E-state index >= 15 is 0 Å². The Morgan fingerprint density at radius 2 is 1.62 bits per heavy atom. The molecule has 0 bridgehead atoms. The smallest absolute Gasteiger partial charge is 0.261 e. The number of sulfonamides is 1. The van der Waals surface area contributed by atoms with Crippen LogP contribution in [0.2, 0.25) is 5.02 Å². The van der Waals surface area contributed by atoms with Gasteiger partial charge in [-0.15, -0.1) is 0 Å². The highest BCUT2D eigenvalue weighted by molar-refractivity contribution is 7.92. The van der Waals surface area contributed by atoms with E-state index in [1.807, 2.05) is 26.0 Å². The second kappa shape index (κ2) is 8.27. The standard InChI is InChI=1S/C22H21ClN2O3S/c1-14-5-4-6-17(11-14)25-29(27,28)18-9-8-16(3)19(13-18)22(26)24-21-10-7-15(2)12-20(21)23/h4-13,25H,1-3H3,(H,24,26). The van der Waals surface area contributed by atoms with Gasteiger partial charge in [0.1, 0.15) is 0 Å². The topological polar surface area (TPSA) is 75.3 Å². The van der Waals surface area contributed by atoms with E-state index in [0.29, 0.717) is 22.0 Å². The Kier molecular flexibility index (Phi) is 5.96. The van der Waals surface area contributed by atoms with Gasteiger partial charge in [-0.3, -0.25) is 9.52 Å². The molecule has 1 amide bonds. The summed E-state index contributed by atoms with van der Waals surface area (Å²) in [5.74, 6) is -0.430. The Bertz CT molecular complexity index is 1190. The summed E-state index contributed by atoms with van der Waals surface area (Å²) in [7, 11) is -3.85. The molecule has 0 aliphatic carbocycles. The van der Waals surface area contributed by atoms with Crippen molar-refractivity contribution in [2.24, 2.45) is 0 Å². The summed E-state index contributed by atoms with van der Waals surface area (Å²) in [5.41, 5.74) is 3.74. The molecule has 2 N–H and O–H groups in total. The molecule has 0 fully saturated rings. The third kappa shape index (κ3) is 4.96. The van der Waals surface area contributed by atoms with Crippen molar-refractivity contribution in [1.82, 2.24) is 0 Å². The van der Waals surface area contributed by atoms with Crippen LogP contribution in [0.15, 0.2) is 65.6 Å². The minimum atomic E-state index is -3.85. The van der Waals surface area contributed by atoms with E-state index in [0.717, 1.165) is 11.1 Å². The van der Waals surface area contributed by atoms with Gasteiger partial charge in [0, 0.05) is 11.3 Å². The maximum absolute atomic E-state index is 12.8. The SMILES string of the molecule is Cc1cccc(NS(=O)(=O)c2ccc(C)c(C(=O)Nc3ccc(C)cc3Cl)c2)c1. The number of hydrogen-bond donors (Lipinski definition) is 2. The van der Waals surface area contributed by atoms with Gasteiger partial charge >= 0.3 is 0 Å². The number of hydrogen-bond acceptors (Lipinski definition) is 3. The Hall–Kier alpha value is -2.83. The van der Waals surface area contributed by atoms with Gasteiger partial charge in [0.05, 0.1) is 15.6 Å². The second-order valence-electron chi connectivity index (χ2n) is 6.89. The zero-order valence-corrected chi connectivity index (χ0v) is 17.9. The number of carbonyl (C=O) groups excluding carboxylic acids is 1. The van der Waals surface area contributed by atoms with E-state index < -0.39 is 15.9 Å². The molecule has 0 aliphatic rings. The Morgan fingerprint density at radius 3 is 2.31 bits per heavy atom. The van der Waals surface area contributed by atoms with E-state index in [1.165, 1.54) is 12.1 Å². The van der Waals surface area contributed by atoms with Crippen LogP contribution in [0, 0.1) is 20.8 Å². The van der Waals surface area contributed by atoms with Crippen LogP contribution in [0.25, 0.3) is 0 Å². The van der Waals surface area contributed by atoms with Crippen LogP contribution in [-0.2, 0) is 10.0 Å². The summed E-state index contributed by atoms with van der Waals surface area (Å²) < 4.78 is 28.1. The lowest BCUT2D eigenvalue weighted by atomic mass is 10.1. The minimum Gasteiger partial charge on any atom is -0.321 e. The van der Waals surface area contributed by atoms with E-state index in [-0.39, 0.29) is 10.5 Å². The third-order valence-corrected chi connectivity index (χ3v) is 6.10. The van der Waals surface area contributed by atoms with Crippen LogP contribution in [0.5, 0.6) is 0 Å². The molecule has 3 aromatic carbocycles. The molecule has 0 heterocycles. The van der Waals surface area contributed by atoms with Gasteiger partial charge in [-0.1, -0.05) is 35.9 Å². The van der Waals surface area contributed by atoms with E-state index in [2.05, 4.69) is 10.0 Å². The fourth-order valence-corrected chi connectivity index (χ4v) is 4.20. The molecule has 0 atom stereocenters. The number of anilines is 2. The van der Waals surface area contributed by atoms with Crippen molar-refractivity contribution in [2.75, 3.05) is 10.0 Å². The van der Waals surface area contributed by atoms with Gasteiger partial charge in [0.15, 0.2) is 0 Å². The highest BCUT2D eigenvalue weighted by Crippen LogP contribution is 2.25. The lowest BCUT2D eigenvalue weighted by molar-refractivity contribution is 0.102. The lowest BCUT2D eigenvalue weighted by Crippen LogP contribution is -2.17. The number of nitrogens with one attached hydrogen (secondary N) is 2. The highest BCUT2D eigenvalue weighted by Gasteiger charge is 2.19. The number of benzene rings is 3. The molecule has 0 aliphatic heterocycles. The van der Waals surface area contributed by atoms with Crippen LogP contribution < -0.4 is 10.0 Å². The number of carbonyl (C=O) groups is 1. The Balaban J connectivity index is 1.89. The maximum Gasteiger partial charge on any atom is 0.261 e. The van der Waals surface area contributed by atoms with Crippen LogP contribution >= 0.6 is 11.6 Å². The third-order valence-electron chi connectivity index (χ3n) is 4.41. The molecule has 0 aromatic heterocycles. The van der Waals surface area contributed by atoms with Crippen LogP contribution in [0.1, 0.15) is 27.0 Å². The molecule has 0 saturated carbocycles. The van der Waals surface area contributed by atoms with Gasteiger partial charge in [0.25, 0.3) is 15.9 Å². The van der Waals surface area contributed by atoms with Gasteiger partial charge in [-0.25, -0.2) is 8.42 Å². The van der Waals surface area contributed by atoms with E-state index in [4.69, 9.17) is 11.6 Å². The molecular formula is C22H21ClN2O3S. The normalized spacial score (nSPS) is 11.2. The Labute approximate surface area is 175 Å². The first-order chi connectivity index (χ1) is 13.7. The van der Waals surface area contributed by atoms with Crippen molar-refractivity contribution < 1.29 is 13.2 Å². The number of halogens is 1. The molecule has 7 heteroatoms. The predicted octanol–water partition coefficient (Wildman–Crippen LogP) is 5.32. The fraction of sp³-hybridized carbons (Fsp3) is 0.136. The maximum atomic E-state index is 12.8. The van der Waals surface area contributed by atoms with Crippen molar-refractivity contribution in [3.63, 3.8) is 0 Å². The van der Waals surface area contributed by atoms with Crippen LogP contribution in [0.4, 0.5) is 11.4 Å². The molecule has 0 unspecified atom stereocenters. The molecular weight excluding hydrogens is 408 g/mol. The molecule has 0 spiro atoms. The zero-order valence-electron chi connectivity index (χ0n) is 16.3. The first-order valence-electron chi connectivity index (χ1n) is 8.93. The molecule has 29 heavy (non-hydrogen) atoms. The molecule has 0 radical (unpaired) electrons. The van der Waals surface area contributed by atoms with Gasteiger partial charge in [0.2, 0.25) is 0 Å². The zero-order chi connectivity index (χ0) is 21.2. The Morgan fingerprint density at radius 1 is 0.897 bits per heavy atom. The van der Waals surface area contributed by atoms with Crippen molar-refractivity contribution in [2.45, 2.75) is 25.7 Å². The van der Waals surface area contributed by atoms with Gasteiger partial charge in [-0.05, 0) is 73.9 Å². The highest BCUT2D eigenvalue weighted by atomic mass is 35.5. The molecule has 0 saturated heterocycles. The fourth-order valence-electron chi connectivity index (χ4n) is 2.85.